The lowest BCUT2D eigenvalue weighted by atomic mass is 10.3. The maximum Gasteiger partial charge on any atom is 0.135 e. The van der Waals surface area contributed by atoms with Gasteiger partial charge in [0, 0.05) is 17.7 Å². The van der Waals surface area contributed by atoms with Crippen LogP contribution in [0.5, 0.6) is 0 Å². The van der Waals surface area contributed by atoms with Gasteiger partial charge in [-0.2, -0.15) is 0 Å². The van der Waals surface area contributed by atoms with E-state index >= 15 is 0 Å². The molecule has 1 saturated carbocycles. The third-order valence-electron chi connectivity index (χ3n) is 2.77. The molecule has 0 atom stereocenters. The van der Waals surface area contributed by atoms with Crippen molar-refractivity contribution in [2.45, 2.75) is 18.8 Å². The Kier molecular flexibility index (Phi) is 2.99. The zero-order chi connectivity index (χ0) is 12.5. The van der Waals surface area contributed by atoms with Crippen molar-refractivity contribution in [2.24, 2.45) is 0 Å². The van der Waals surface area contributed by atoms with Crippen LogP contribution in [0.4, 0.5) is 15.9 Å². The Morgan fingerprint density at radius 3 is 2.56 bits per heavy atom. The molecule has 1 aliphatic carbocycles. The fraction of sp³-hybridized carbons (Fsp3) is 0.231. The summed E-state index contributed by atoms with van der Waals surface area (Å²) in [6.07, 6.45) is 2.32. The molecule has 1 N–H and O–H groups in total. The SMILES string of the molecule is Fc1ccc(Nc2cc(Br)nc(C3CC3)n2)cc1. The Morgan fingerprint density at radius 1 is 1.17 bits per heavy atom. The number of aromatic nitrogens is 2. The van der Waals surface area contributed by atoms with Gasteiger partial charge < -0.3 is 5.32 Å². The standard InChI is InChI=1S/C13H11BrFN3/c14-11-7-12(18-13(17-11)8-1-2-8)16-10-5-3-9(15)4-6-10/h3-8H,1-2H2,(H,16,17,18). The van der Waals surface area contributed by atoms with Gasteiger partial charge in [0.05, 0.1) is 0 Å². The van der Waals surface area contributed by atoms with Crippen LogP contribution < -0.4 is 5.32 Å². The monoisotopic (exact) mass is 307 g/mol. The van der Waals surface area contributed by atoms with Crippen LogP contribution in [0.25, 0.3) is 0 Å². The highest BCUT2D eigenvalue weighted by atomic mass is 79.9. The molecule has 1 aromatic carbocycles. The first-order valence-corrected chi connectivity index (χ1v) is 6.57. The third-order valence-corrected chi connectivity index (χ3v) is 3.18. The molecule has 2 aromatic rings. The van der Waals surface area contributed by atoms with Crippen LogP contribution in [0, 0.1) is 5.82 Å². The predicted octanol–water partition coefficient (Wildman–Crippen LogP) is 4.00. The highest BCUT2D eigenvalue weighted by Crippen LogP contribution is 2.39. The first-order chi connectivity index (χ1) is 8.70. The summed E-state index contributed by atoms with van der Waals surface area (Å²) in [6, 6.07) is 8.01. The second kappa shape index (κ2) is 4.65. The van der Waals surface area contributed by atoms with Crippen LogP contribution in [-0.4, -0.2) is 9.97 Å². The predicted molar refractivity (Wildman–Crippen MR) is 71.4 cm³/mol. The van der Waals surface area contributed by atoms with Crippen molar-refractivity contribution in [3.05, 3.63) is 46.6 Å². The highest BCUT2D eigenvalue weighted by Gasteiger charge is 2.27. The average Bonchev–Trinajstić information content (AvgIpc) is 3.15. The lowest BCUT2D eigenvalue weighted by molar-refractivity contribution is 0.628. The molecular formula is C13H11BrFN3. The average molecular weight is 308 g/mol. The van der Waals surface area contributed by atoms with E-state index in [1.54, 1.807) is 12.1 Å². The summed E-state index contributed by atoms with van der Waals surface area (Å²) in [4.78, 5) is 8.82. The fourth-order valence-corrected chi connectivity index (χ4v) is 2.10. The first kappa shape index (κ1) is 11.6. The minimum Gasteiger partial charge on any atom is -0.340 e. The molecule has 1 heterocycles. The molecule has 3 rings (SSSR count). The number of anilines is 2. The quantitative estimate of drug-likeness (QED) is 0.871. The van der Waals surface area contributed by atoms with Crippen molar-refractivity contribution in [3.63, 3.8) is 0 Å². The maximum atomic E-state index is 12.8. The molecule has 0 unspecified atom stereocenters. The molecule has 0 bridgehead atoms. The molecular weight excluding hydrogens is 297 g/mol. The number of benzene rings is 1. The van der Waals surface area contributed by atoms with Gasteiger partial charge in [0.15, 0.2) is 0 Å². The first-order valence-electron chi connectivity index (χ1n) is 5.78. The van der Waals surface area contributed by atoms with Crippen LogP contribution >= 0.6 is 15.9 Å². The summed E-state index contributed by atoms with van der Waals surface area (Å²) in [6.45, 7) is 0. The molecule has 0 saturated heterocycles. The second-order valence-corrected chi connectivity index (χ2v) is 5.15. The van der Waals surface area contributed by atoms with Crippen LogP contribution in [0.2, 0.25) is 0 Å². The summed E-state index contributed by atoms with van der Waals surface area (Å²) in [7, 11) is 0. The van der Waals surface area contributed by atoms with E-state index in [-0.39, 0.29) is 5.82 Å². The number of halogens is 2. The summed E-state index contributed by atoms with van der Waals surface area (Å²) >= 11 is 3.38. The topological polar surface area (TPSA) is 37.8 Å². The maximum absolute atomic E-state index is 12.8. The van der Waals surface area contributed by atoms with Gasteiger partial charge in [-0.05, 0) is 53.0 Å². The number of rotatable bonds is 3. The van der Waals surface area contributed by atoms with Gasteiger partial charge in [-0.15, -0.1) is 0 Å². The van der Waals surface area contributed by atoms with Gasteiger partial charge in [-0.3, -0.25) is 0 Å². The van der Waals surface area contributed by atoms with Crippen molar-refractivity contribution in [2.75, 3.05) is 5.32 Å². The number of hydrogen-bond acceptors (Lipinski definition) is 3. The van der Waals surface area contributed by atoms with Crippen molar-refractivity contribution >= 4 is 27.4 Å². The molecule has 1 aliphatic rings. The van der Waals surface area contributed by atoms with Gasteiger partial charge in [-0.1, -0.05) is 0 Å². The van der Waals surface area contributed by atoms with Crippen molar-refractivity contribution in [3.8, 4) is 0 Å². The van der Waals surface area contributed by atoms with Crippen LogP contribution in [0.1, 0.15) is 24.6 Å². The molecule has 0 amide bonds. The Hall–Kier alpha value is -1.49. The highest BCUT2D eigenvalue weighted by molar-refractivity contribution is 9.10. The summed E-state index contributed by atoms with van der Waals surface area (Å²) in [5.74, 6) is 1.85. The zero-order valence-electron chi connectivity index (χ0n) is 9.53. The molecule has 18 heavy (non-hydrogen) atoms. The molecule has 5 heteroatoms. The third kappa shape index (κ3) is 2.67. The summed E-state index contributed by atoms with van der Waals surface area (Å²) < 4.78 is 13.6. The molecule has 1 fully saturated rings. The molecule has 1 aromatic heterocycles. The van der Waals surface area contributed by atoms with Gasteiger partial charge in [0.1, 0.15) is 22.1 Å². The van der Waals surface area contributed by atoms with Crippen LogP contribution in [0.15, 0.2) is 34.9 Å². The minimum absolute atomic E-state index is 0.247. The Balaban J connectivity index is 1.85. The van der Waals surface area contributed by atoms with E-state index < -0.39 is 0 Å². The Labute approximate surface area is 113 Å². The number of hydrogen-bond donors (Lipinski definition) is 1. The summed E-state index contributed by atoms with van der Waals surface area (Å²) in [5, 5.41) is 3.15. The Bertz CT molecular complexity index is 567. The van der Waals surface area contributed by atoms with E-state index in [2.05, 4.69) is 31.2 Å². The molecule has 0 aliphatic heterocycles. The van der Waals surface area contributed by atoms with Crippen molar-refractivity contribution in [1.29, 1.82) is 0 Å². The fourth-order valence-electron chi connectivity index (χ4n) is 1.70. The van der Waals surface area contributed by atoms with Gasteiger partial charge in [0.2, 0.25) is 0 Å². The largest absolute Gasteiger partial charge is 0.340 e. The zero-order valence-corrected chi connectivity index (χ0v) is 11.1. The van der Waals surface area contributed by atoms with E-state index in [1.807, 2.05) is 6.07 Å². The number of nitrogens with zero attached hydrogens (tertiary/aromatic N) is 2. The lowest BCUT2D eigenvalue weighted by Crippen LogP contribution is -1.99. The van der Waals surface area contributed by atoms with E-state index in [9.17, 15) is 4.39 Å². The van der Waals surface area contributed by atoms with Crippen molar-refractivity contribution in [1.82, 2.24) is 9.97 Å². The van der Waals surface area contributed by atoms with Crippen molar-refractivity contribution < 1.29 is 4.39 Å². The van der Waals surface area contributed by atoms with Gasteiger partial charge >= 0.3 is 0 Å². The lowest BCUT2D eigenvalue weighted by Gasteiger charge is -2.07. The second-order valence-electron chi connectivity index (χ2n) is 4.34. The molecule has 0 spiro atoms. The van der Waals surface area contributed by atoms with Crippen LogP contribution in [-0.2, 0) is 0 Å². The summed E-state index contributed by atoms with van der Waals surface area (Å²) in [5.41, 5.74) is 0.809. The van der Waals surface area contributed by atoms with E-state index in [0.29, 0.717) is 5.92 Å². The Morgan fingerprint density at radius 2 is 1.89 bits per heavy atom. The molecule has 0 radical (unpaired) electrons. The van der Waals surface area contributed by atoms with E-state index in [4.69, 9.17) is 0 Å². The van der Waals surface area contributed by atoms with Gasteiger partial charge in [-0.25, -0.2) is 14.4 Å². The van der Waals surface area contributed by atoms with E-state index in [0.717, 1.165) is 34.8 Å². The normalized spacial score (nSPS) is 14.6. The van der Waals surface area contributed by atoms with E-state index in [1.165, 1.54) is 12.1 Å². The van der Waals surface area contributed by atoms with Gasteiger partial charge in [0.25, 0.3) is 0 Å². The van der Waals surface area contributed by atoms with Crippen LogP contribution in [0.3, 0.4) is 0 Å². The molecule has 92 valence electrons. The minimum atomic E-state index is -0.247. The molecule has 3 nitrogen and oxygen atoms in total. The smallest absolute Gasteiger partial charge is 0.135 e. The number of nitrogens with one attached hydrogen (secondary N) is 1.